The summed E-state index contributed by atoms with van der Waals surface area (Å²) in [6.45, 7) is 4.73. The SMILES string of the molecule is CC.c1ccc(CN=C2Nc3ccccc3NC23CCCCCC3)cc1. The highest BCUT2D eigenvalue weighted by molar-refractivity contribution is 6.09. The summed E-state index contributed by atoms with van der Waals surface area (Å²) in [7, 11) is 0. The topological polar surface area (TPSA) is 36.4 Å². The van der Waals surface area contributed by atoms with Gasteiger partial charge in [-0.05, 0) is 30.5 Å². The van der Waals surface area contributed by atoms with Gasteiger partial charge in [0.15, 0.2) is 0 Å². The Morgan fingerprint density at radius 2 is 1.42 bits per heavy atom. The standard InChI is InChI=1S/C21H25N3.C2H6/c1-2-9-15-21(14-8-1)20(22-16-17-10-4-3-5-11-17)23-18-12-6-7-13-19(18)24-21;1-2/h3-7,10-13,24H,1-2,8-9,14-16H2,(H,22,23);1-2H3. The van der Waals surface area contributed by atoms with Crippen LogP contribution in [0.25, 0.3) is 0 Å². The van der Waals surface area contributed by atoms with E-state index in [1.165, 1.54) is 36.9 Å². The number of hydrogen-bond donors (Lipinski definition) is 2. The molecule has 138 valence electrons. The molecule has 1 aliphatic carbocycles. The van der Waals surface area contributed by atoms with E-state index in [1.807, 2.05) is 13.8 Å². The Bertz CT molecular complexity index is 713. The number of nitrogens with one attached hydrogen (secondary N) is 2. The van der Waals surface area contributed by atoms with Crippen LogP contribution in [0.1, 0.15) is 57.9 Å². The Labute approximate surface area is 157 Å². The molecule has 2 aromatic carbocycles. The second kappa shape index (κ2) is 8.88. The molecule has 2 N–H and O–H groups in total. The van der Waals surface area contributed by atoms with Crippen molar-refractivity contribution in [3.8, 4) is 0 Å². The van der Waals surface area contributed by atoms with Crippen LogP contribution in [0, 0.1) is 0 Å². The lowest BCUT2D eigenvalue weighted by Crippen LogP contribution is -2.52. The zero-order valence-electron chi connectivity index (χ0n) is 16.1. The van der Waals surface area contributed by atoms with Gasteiger partial charge in [-0.3, -0.25) is 4.99 Å². The molecule has 0 aromatic heterocycles. The van der Waals surface area contributed by atoms with Gasteiger partial charge in [-0.2, -0.15) is 0 Å². The van der Waals surface area contributed by atoms with E-state index in [0.29, 0.717) is 0 Å². The van der Waals surface area contributed by atoms with Gasteiger partial charge >= 0.3 is 0 Å². The number of para-hydroxylation sites is 2. The van der Waals surface area contributed by atoms with Crippen molar-refractivity contribution in [3.05, 3.63) is 60.2 Å². The van der Waals surface area contributed by atoms with Gasteiger partial charge in [0.05, 0.1) is 23.5 Å². The van der Waals surface area contributed by atoms with Gasteiger partial charge in [0.1, 0.15) is 5.84 Å². The molecular weight excluding hydrogens is 318 g/mol. The number of benzene rings is 2. The average molecular weight is 350 g/mol. The average Bonchev–Trinajstić information content (AvgIpc) is 2.95. The molecule has 0 bridgehead atoms. The van der Waals surface area contributed by atoms with Crippen LogP contribution in [0.15, 0.2) is 59.6 Å². The Morgan fingerprint density at radius 3 is 2.12 bits per heavy atom. The second-order valence-corrected chi connectivity index (χ2v) is 6.94. The first-order valence-electron chi connectivity index (χ1n) is 10.1. The van der Waals surface area contributed by atoms with E-state index < -0.39 is 0 Å². The molecule has 3 nitrogen and oxygen atoms in total. The number of aliphatic imine (C=N–C) groups is 1. The smallest absolute Gasteiger partial charge is 0.127 e. The van der Waals surface area contributed by atoms with E-state index in [-0.39, 0.29) is 5.54 Å². The molecule has 2 aliphatic rings. The van der Waals surface area contributed by atoms with Crippen molar-refractivity contribution in [3.63, 3.8) is 0 Å². The number of rotatable bonds is 2. The van der Waals surface area contributed by atoms with Crippen LogP contribution in [0.3, 0.4) is 0 Å². The zero-order valence-corrected chi connectivity index (χ0v) is 16.1. The molecule has 3 heteroatoms. The Hall–Kier alpha value is -2.29. The second-order valence-electron chi connectivity index (χ2n) is 6.94. The molecule has 2 aromatic rings. The molecule has 0 unspecified atom stereocenters. The van der Waals surface area contributed by atoms with Gasteiger partial charge in [-0.25, -0.2) is 0 Å². The molecule has 1 spiro atoms. The molecule has 4 rings (SSSR count). The molecule has 0 amide bonds. The lowest BCUT2D eigenvalue weighted by Gasteiger charge is -2.41. The van der Waals surface area contributed by atoms with Crippen LogP contribution in [0.2, 0.25) is 0 Å². The van der Waals surface area contributed by atoms with Crippen LogP contribution in [0.4, 0.5) is 11.4 Å². The third kappa shape index (κ3) is 4.09. The van der Waals surface area contributed by atoms with Gasteiger partial charge in [0.2, 0.25) is 0 Å². The summed E-state index contributed by atoms with van der Waals surface area (Å²) in [5, 5.41) is 7.49. The highest BCUT2D eigenvalue weighted by Crippen LogP contribution is 2.38. The van der Waals surface area contributed by atoms with Crippen molar-refractivity contribution in [1.29, 1.82) is 0 Å². The quantitative estimate of drug-likeness (QED) is 0.673. The number of anilines is 2. The molecule has 0 saturated heterocycles. The lowest BCUT2D eigenvalue weighted by atomic mass is 9.86. The van der Waals surface area contributed by atoms with E-state index in [1.54, 1.807) is 0 Å². The third-order valence-corrected chi connectivity index (χ3v) is 5.23. The maximum atomic E-state index is 5.01. The Morgan fingerprint density at radius 1 is 0.808 bits per heavy atom. The molecular formula is C23H31N3. The van der Waals surface area contributed by atoms with Gasteiger partial charge in [0, 0.05) is 0 Å². The van der Waals surface area contributed by atoms with Gasteiger partial charge in [-0.15, -0.1) is 0 Å². The minimum absolute atomic E-state index is 0.0281. The first kappa shape index (κ1) is 18.5. The minimum Gasteiger partial charge on any atom is -0.371 e. The fraction of sp³-hybridized carbons (Fsp3) is 0.435. The maximum absolute atomic E-state index is 5.01. The number of nitrogens with zero attached hydrogens (tertiary/aromatic N) is 1. The summed E-state index contributed by atoms with van der Waals surface area (Å²) in [6.07, 6.45) is 7.50. The molecule has 1 fully saturated rings. The lowest BCUT2D eigenvalue weighted by molar-refractivity contribution is 0.524. The molecule has 0 atom stereocenters. The maximum Gasteiger partial charge on any atom is 0.127 e. The molecule has 1 saturated carbocycles. The van der Waals surface area contributed by atoms with E-state index >= 15 is 0 Å². The van der Waals surface area contributed by atoms with Gasteiger partial charge < -0.3 is 10.6 Å². The van der Waals surface area contributed by atoms with Crippen LogP contribution in [-0.4, -0.2) is 11.4 Å². The van der Waals surface area contributed by atoms with Crippen LogP contribution < -0.4 is 10.6 Å². The van der Waals surface area contributed by atoms with Gasteiger partial charge in [0.25, 0.3) is 0 Å². The number of fused-ring (bicyclic) bond motifs is 1. The first-order chi connectivity index (χ1) is 12.9. The normalized spacial score (nSPS) is 19.4. The van der Waals surface area contributed by atoms with Crippen LogP contribution >= 0.6 is 0 Å². The highest BCUT2D eigenvalue weighted by atomic mass is 15.2. The first-order valence-corrected chi connectivity index (χ1v) is 10.1. The summed E-state index contributed by atoms with van der Waals surface area (Å²) < 4.78 is 0. The van der Waals surface area contributed by atoms with Crippen molar-refractivity contribution in [2.75, 3.05) is 10.6 Å². The highest BCUT2D eigenvalue weighted by Gasteiger charge is 2.39. The van der Waals surface area contributed by atoms with Crippen molar-refractivity contribution in [2.45, 2.75) is 64.5 Å². The predicted molar refractivity (Wildman–Crippen MR) is 113 cm³/mol. The zero-order chi connectivity index (χ0) is 18.2. The summed E-state index contributed by atoms with van der Waals surface area (Å²) in [5.74, 6) is 1.12. The summed E-state index contributed by atoms with van der Waals surface area (Å²) in [4.78, 5) is 5.01. The Balaban J connectivity index is 0.000000948. The van der Waals surface area contributed by atoms with Crippen LogP contribution in [0.5, 0.6) is 0 Å². The fourth-order valence-electron chi connectivity index (χ4n) is 3.90. The van der Waals surface area contributed by atoms with E-state index in [9.17, 15) is 0 Å². The van der Waals surface area contributed by atoms with Crippen LogP contribution in [-0.2, 0) is 6.54 Å². The molecule has 1 aliphatic heterocycles. The van der Waals surface area contributed by atoms with E-state index in [0.717, 1.165) is 30.9 Å². The van der Waals surface area contributed by atoms with Crippen molar-refractivity contribution >= 4 is 17.2 Å². The fourth-order valence-corrected chi connectivity index (χ4v) is 3.90. The minimum atomic E-state index is -0.0281. The van der Waals surface area contributed by atoms with E-state index in [4.69, 9.17) is 4.99 Å². The number of amidine groups is 1. The van der Waals surface area contributed by atoms with Crippen molar-refractivity contribution in [2.24, 2.45) is 4.99 Å². The Kier molecular flexibility index (Phi) is 6.32. The van der Waals surface area contributed by atoms with Gasteiger partial charge in [-0.1, -0.05) is 82.0 Å². The summed E-state index contributed by atoms with van der Waals surface area (Å²) >= 11 is 0. The van der Waals surface area contributed by atoms with E-state index in [2.05, 4.69) is 65.2 Å². The monoisotopic (exact) mass is 349 g/mol. The molecule has 26 heavy (non-hydrogen) atoms. The predicted octanol–water partition coefficient (Wildman–Crippen LogP) is 6.24. The summed E-state index contributed by atoms with van der Waals surface area (Å²) in [5.41, 5.74) is 3.58. The molecule has 0 radical (unpaired) electrons. The molecule has 1 heterocycles. The van der Waals surface area contributed by atoms with Crippen molar-refractivity contribution in [1.82, 2.24) is 0 Å². The summed E-state index contributed by atoms with van der Waals surface area (Å²) in [6, 6.07) is 19.0. The van der Waals surface area contributed by atoms with Crippen molar-refractivity contribution < 1.29 is 0 Å². The third-order valence-electron chi connectivity index (χ3n) is 5.23. The number of hydrogen-bond acceptors (Lipinski definition) is 2. The largest absolute Gasteiger partial charge is 0.371 e.